The normalized spacial score (nSPS) is 11.0. The lowest BCUT2D eigenvalue weighted by Gasteiger charge is -2.04. The first-order chi connectivity index (χ1) is 7.02. The monoisotopic (exact) mass is 295 g/mol. The van der Waals surface area contributed by atoms with Crippen LogP contribution in [0.2, 0.25) is 5.02 Å². The molecule has 0 unspecified atom stereocenters. The smallest absolute Gasteiger partial charge is 0.185 e. The molecule has 0 bridgehead atoms. The van der Waals surface area contributed by atoms with E-state index < -0.39 is 17.5 Å². The molecule has 15 heavy (non-hydrogen) atoms. The summed E-state index contributed by atoms with van der Waals surface area (Å²) >= 11 is 8.65. The van der Waals surface area contributed by atoms with Crippen molar-refractivity contribution < 1.29 is 13.2 Å². The van der Waals surface area contributed by atoms with Crippen LogP contribution in [-0.2, 0) is 0 Å². The summed E-state index contributed by atoms with van der Waals surface area (Å²) in [6, 6.07) is 0.459. The molecule has 0 saturated carbocycles. The molecule has 0 aliphatic heterocycles. The van der Waals surface area contributed by atoms with Gasteiger partial charge in [-0.15, -0.1) is 0 Å². The van der Waals surface area contributed by atoms with Crippen LogP contribution in [0.4, 0.5) is 13.2 Å². The minimum atomic E-state index is -1.28. The molecular formula is C9H2BrClF3N. The molecule has 1 heterocycles. The van der Waals surface area contributed by atoms with Crippen LogP contribution >= 0.6 is 27.5 Å². The van der Waals surface area contributed by atoms with E-state index in [1.165, 1.54) is 0 Å². The van der Waals surface area contributed by atoms with Crippen LogP contribution in [0.3, 0.4) is 0 Å². The van der Waals surface area contributed by atoms with Gasteiger partial charge in [-0.3, -0.25) is 4.98 Å². The minimum Gasteiger partial charge on any atom is -0.251 e. The predicted octanol–water partition coefficient (Wildman–Crippen LogP) is 4.07. The zero-order valence-electron chi connectivity index (χ0n) is 6.99. The molecule has 2 aromatic rings. The maximum Gasteiger partial charge on any atom is 0.185 e. The number of halogens is 5. The van der Waals surface area contributed by atoms with Gasteiger partial charge in [-0.05, 0) is 15.9 Å². The highest BCUT2D eigenvalue weighted by atomic mass is 79.9. The third-order valence-corrected chi connectivity index (χ3v) is 3.22. The van der Waals surface area contributed by atoms with Gasteiger partial charge in [0.15, 0.2) is 11.6 Å². The quantitative estimate of drug-likeness (QED) is 0.668. The van der Waals surface area contributed by atoms with Gasteiger partial charge in [-0.25, -0.2) is 13.2 Å². The van der Waals surface area contributed by atoms with Gasteiger partial charge in [-0.2, -0.15) is 0 Å². The number of pyridine rings is 1. The molecule has 0 N–H and O–H groups in total. The fraction of sp³-hybridized carbons (Fsp3) is 0. The lowest BCUT2D eigenvalue weighted by molar-refractivity contribution is 0.504. The zero-order valence-corrected chi connectivity index (χ0v) is 9.33. The van der Waals surface area contributed by atoms with E-state index in [2.05, 4.69) is 20.9 Å². The van der Waals surface area contributed by atoms with Crippen LogP contribution in [0, 0.1) is 17.5 Å². The SMILES string of the molecule is Fc1cc(F)c2c(Br)c(Cl)cnc2c1F. The van der Waals surface area contributed by atoms with Crippen molar-refractivity contribution in [1.82, 2.24) is 4.98 Å². The number of fused-ring (bicyclic) bond motifs is 1. The van der Waals surface area contributed by atoms with Crippen molar-refractivity contribution >= 4 is 38.4 Å². The second kappa shape index (κ2) is 3.64. The van der Waals surface area contributed by atoms with Crippen molar-refractivity contribution in [2.45, 2.75) is 0 Å². The Kier molecular flexibility index (Phi) is 2.60. The summed E-state index contributed by atoms with van der Waals surface area (Å²) in [5.74, 6) is -3.38. The van der Waals surface area contributed by atoms with E-state index in [9.17, 15) is 13.2 Å². The predicted molar refractivity (Wildman–Crippen MR) is 54.3 cm³/mol. The van der Waals surface area contributed by atoms with Gasteiger partial charge in [0, 0.05) is 12.3 Å². The third kappa shape index (κ3) is 1.59. The van der Waals surface area contributed by atoms with Crippen molar-refractivity contribution in [2.75, 3.05) is 0 Å². The van der Waals surface area contributed by atoms with Crippen LogP contribution in [-0.4, -0.2) is 4.98 Å². The lowest BCUT2D eigenvalue weighted by Crippen LogP contribution is -1.94. The van der Waals surface area contributed by atoms with Gasteiger partial charge < -0.3 is 0 Å². The van der Waals surface area contributed by atoms with E-state index in [-0.39, 0.29) is 20.4 Å². The molecule has 1 aromatic heterocycles. The summed E-state index contributed by atoms with van der Waals surface area (Å²) in [5.41, 5.74) is -0.385. The van der Waals surface area contributed by atoms with Crippen LogP contribution in [0.5, 0.6) is 0 Å². The highest BCUT2D eigenvalue weighted by Gasteiger charge is 2.17. The van der Waals surface area contributed by atoms with Gasteiger partial charge >= 0.3 is 0 Å². The summed E-state index contributed by atoms with van der Waals surface area (Å²) in [4.78, 5) is 3.55. The summed E-state index contributed by atoms with van der Waals surface area (Å²) in [7, 11) is 0. The summed E-state index contributed by atoms with van der Waals surface area (Å²) in [5, 5.41) is -0.0335. The number of aromatic nitrogens is 1. The Hall–Kier alpha value is -0.810. The van der Waals surface area contributed by atoms with Crippen LogP contribution < -0.4 is 0 Å². The lowest BCUT2D eigenvalue weighted by atomic mass is 10.2. The van der Waals surface area contributed by atoms with E-state index in [0.29, 0.717) is 6.07 Å². The first kappa shape index (κ1) is 10.7. The Morgan fingerprint density at radius 2 is 1.87 bits per heavy atom. The molecule has 6 heteroatoms. The van der Waals surface area contributed by atoms with Crippen molar-refractivity contribution in [3.8, 4) is 0 Å². The van der Waals surface area contributed by atoms with Gasteiger partial charge in [0.05, 0.1) is 14.9 Å². The van der Waals surface area contributed by atoms with Gasteiger partial charge in [-0.1, -0.05) is 11.6 Å². The topological polar surface area (TPSA) is 12.9 Å². The molecule has 0 aliphatic rings. The molecule has 0 fully saturated rings. The molecule has 0 saturated heterocycles. The summed E-state index contributed by atoms with van der Waals surface area (Å²) in [6.45, 7) is 0. The Balaban J connectivity index is 3.03. The van der Waals surface area contributed by atoms with E-state index in [1.807, 2.05) is 0 Å². The van der Waals surface area contributed by atoms with Gasteiger partial charge in [0.1, 0.15) is 11.3 Å². The molecule has 0 amide bonds. The Labute approximate surface area is 96.0 Å². The van der Waals surface area contributed by atoms with E-state index in [4.69, 9.17) is 11.6 Å². The summed E-state index contributed by atoms with van der Waals surface area (Å²) in [6.07, 6.45) is 1.12. The maximum atomic E-state index is 13.3. The average Bonchev–Trinajstić information content (AvgIpc) is 2.18. The van der Waals surface area contributed by atoms with Crippen molar-refractivity contribution in [1.29, 1.82) is 0 Å². The largest absolute Gasteiger partial charge is 0.251 e. The van der Waals surface area contributed by atoms with Gasteiger partial charge in [0.25, 0.3) is 0 Å². The van der Waals surface area contributed by atoms with Crippen molar-refractivity contribution in [3.63, 3.8) is 0 Å². The second-order valence-electron chi connectivity index (χ2n) is 2.80. The number of hydrogen-bond donors (Lipinski definition) is 0. The van der Waals surface area contributed by atoms with Crippen LogP contribution in [0.1, 0.15) is 0 Å². The molecule has 78 valence electrons. The third-order valence-electron chi connectivity index (χ3n) is 1.88. The number of nitrogens with zero attached hydrogens (tertiary/aromatic N) is 1. The fourth-order valence-corrected chi connectivity index (χ4v) is 1.83. The van der Waals surface area contributed by atoms with Crippen LogP contribution in [0.25, 0.3) is 10.9 Å². The molecule has 2 rings (SSSR count). The molecule has 0 aliphatic carbocycles. The Morgan fingerprint density at radius 1 is 1.20 bits per heavy atom. The van der Waals surface area contributed by atoms with Crippen LogP contribution in [0.15, 0.2) is 16.7 Å². The zero-order chi connectivity index (χ0) is 11.2. The van der Waals surface area contributed by atoms with Gasteiger partial charge in [0.2, 0.25) is 0 Å². The molecule has 0 spiro atoms. The number of rotatable bonds is 0. The fourth-order valence-electron chi connectivity index (χ4n) is 1.21. The van der Waals surface area contributed by atoms with Crippen molar-refractivity contribution in [3.05, 3.63) is 39.2 Å². The first-order valence-electron chi connectivity index (χ1n) is 3.79. The maximum absolute atomic E-state index is 13.3. The summed E-state index contributed by atoms with van der Waals surface area (Å²) < 4.78 is 39.6. The molecule has 0 atom stereocenters. The van der Waals surface area contributed by atoms with E-state index in [1.54, 1.807) is 0 Å². The first-order valence-corrected chi connectivity index (χ1v) is 4.96. The van der Waals surface area contributed by atoms with E-state index >= 15 is 0 Å². The Morgan fingerprint density at radius 3 is 2.53 bits per heavy atom. The van der Waals surface area contributed by atoms with E-state index in [0.717, 1.165) is 6.20 Å². The second-order valence-corrected chi connectivity index (χ2v) is 4.00. The molecule has 0 radical (unpaired) electrons. The Bertz CT molecular complexity index is 559. The number of hydrogen-bond acceptors (Lipinski definition) is 1. The molecule has 1 nitrogen and oxygen atoms in total. The van der Waals surface area contributed by atoms with Crippen molar-refractivity contribution in [2.24, 2.45) is 0 Å². The standard InChI is InChI=1S/C9H2BrClF3N/c10-7-3(11)2-15-9-6(7)4(12)1-5(13)8(9)14/h1-2H. The highest BCUT2D eigenvalue weighted by molar-refractivity contribution is 9.10. The molecular weight excluding hydrogens is 294 g/mol. The molecule has 1 aromatic carbocycles. The number of benzene rings is 1. The average molecular weight is 296 g/mol. The minimum absolute atomic E-state index is 0.132. The highest BCUT2D eigenvalue weighted by Crippen LogP contribution is 2.33.